The number of carbonyl (C=O) groups excluding carboxylic acids is 4. The zero-order valence-corrected chi connectivity index (χ0v) is 14.0. The Morgan fingerprint density at radius 2 is 1.96 bits per heavy atom. The smallest absolute Gasteiger partial charge is 0.266 e. The molecule has 1 atom stereocenters. The van der Waals surface area contributed by atoms with Crippen LogP contribution in [0.2, 0.25) is 0 Å². The van der Waals surface area contributed by atoms with Crippen LogP contribution < -0.4 is 10.1 Å². The quantitative estimate of drug-likeness (QED) is 0.626. The van der Waals surface area contributed by atoms with E-state index in [-0.39, 0.29) is 24.0 Å². The molecular weight excluding hydrogens is 324 g/mol. The lowest BCUT2D eigenvalue weighted by molar-refractivity contribution is -0.136. The highest BCUT2D eigenvalue weighted by molar-refractivity contribution is 6.24. The molecule has 2 heterocycles. The number of rotatable bonds is 6. The Hall–Kier alpha value is -2.70. The number of fused-ring (bicyclic) bond motifs is 1. The standard InChI is InChI=1S/C18H20N2O5/c1-2-3-4-10-25-13-7-5-6-11-15(13)18(24)20(17(11)23)12-8-9-14(21)19-16(12)22/h5-7,12H,2-4,8-10H2,1H3,(H,19,21,22). The number of ether oxygens (including phenoxy) is 1. The third-order valence-electron chi connectivity index (χ3n) is 4.44. The van der Waals surface area contributed by atoms with Crippen molar-refractivity contribution in [3.8, 4) is 5.75 Å². The Morgan fingerprint density at radius 3 is 2.68 bits per heavy atom. The summed E-state index contributed by atoms with van der Waals surface area (Å²) < 4.78 is 5.69. The van der Waals surface area contributed by atoms with Crippen LogP contribution in [-0.4, -0.2) is 41.2 Å². The van der Waals surface area contributed by atoms with Gasteiger partial charge in [-0.3, -0.25) is 29.4 Å². The van der Waals surface area contributed by atoms with Crippen LogP contribution in [0.1, 0.15) is 59.7 Å². The van der Waals surface area contributed by atoms with Gasteiger partial charge in [0.1, 0.15) is 11.8 Å². The summed E-state index contributed by atoms with van der Waals surface area (Å²) in [6.07, 6.45) is 3.17. The molecule has 7 heteroatoms. The Kier molecular flexibility index (Phi) is 4.83. The summed E-state index contributed by atoms with van der Waals surface area (Å²) in [7, 11) is 0. The number of amides is 4. The van der Waals surface area contributed by atoms with Crippen LogP contribution in [0.15, 0.2) is 18.2 Å². The van der Waals surface area contributed by atoms with Gasteiger partial charge in [-0.25, -0.2) is 0 Å². The van der Waals surface area contributed by atoms with Crippen molar-refractivity contribution in [3.05, 3.63) is 29.3 Å². The number of benzene rings is 1. The third kappa shape index (κ3) is 3.14. The Morgan fingerprint density at radius 1 is 1.16 bits per heavy atom. The van der Waals surface area contributed by atoms with E-state index in [0.717, 1.165) is 24.2 Å². The van der Waals surface area contributed by atoms with E-state index in [1.165, 1.54) is 0 Å². The average Bonchev–Trinajstić information content (AvgIpc) is 2.84. The van der Waals surface area contributed by atoms with Gasteiger partial charge in [0.25, 0.3) is 11.8 Å². The van der Waals surface area contributed by atoms with Crippen molar-refractivity contribution in [2.75, 3.05) is 6.61 Å². The van der Waals surface area contributed by atoms with E-state index >= 15 is 0 Å². The topological polar surface area (TPSA) is 92.8 Å². The number of imide groups is 2. The highest BCUT2D eigenvalue weighted by Gasteiger charge is 2.45. The molecule has 1 N–H and O–H groups in total. The van der Waals surface area contributed by atoms with Gasteiger partial charge in [0, 0.05) is 6.42 Å². The summed E-state index contributed by atoms with van der Waals surface area (Å²) in [6.45, 7) is 2.55. The van der Waals surface area contributed by atoms with Crippen LogP contribution in [0.3, 0.4) is 0 Å². The molecule has 0 saturated carbocycles. The Bertz CT molecular complexity index is 743. The van der Waals surface area contributed by atoms with Gasteiger partial charge in [-0.1, -0.05) is 25.8 Å². The van der Waals surface area contributed by atoms with Crippen molar-refractivity contribution < 1.29 is 23.9 Å². The largest absolute Gasteiger partial charge is 0.493 e. The second kappa shape index (κ2) is 7.04. The van der Waals surface area contributed by atoms with E-state index in [1.54, 1.807) is 18.2 Å². The lowest BCUT2D eigenvalue weighted by atomic mass is 10.0. The molecule has 1 unspecified atom stereocenters. The van der Waals surface area contributed by atoms with Gasteiger partial charge in [-0.2, -0.15) is 0 Å². The van der Waals surface area contributed by atoms with Gasteiger partial charge in [-0.05, 0) is 25.0 Å². The fourth-order valence-electron chi connectivity index (χ4n) is 3.14. The van der Waals surface area contributed by atoms with Crippen LogP contribution in [0, 0.1) is 0 Å². The van der Waals surface area contributed by atoms with Gasteiger partial charge in [-0.15, -0.1) is 0 Å². The number of nitrogens with zero attached hydrogens (tertiary/aromatic N) is 1. The van der Waals surface area contributed by atoms with Crippen molar-refractivity contribution in [1.29, 1.82) is 0 Å². The van der Waals surface area contributed by atoms with E-state index in [0.29, 0.717) is 12.4 Å². The summed E-state index contributed by atoms with van der Waals surface area (Å²) >= 11 is 0. The number of unbranched alkanes of at least 4 members (excludes halogenated alkanes) is 2. The average molecular weight is 344 g/mol. The predicted octanol–water partition coefficient (Wildman–Crippen LogP) is 1.66. The summed E-state index contributed by atoms with van der Waals surface area (Å²) in [5.41, 5.74) is 0.441. The maximum absolute atomic E-state index is 12.8. The first-order chi connectivity index (χ1) is 12.0. The van der Waals surface area contributed by atoms with Crippen molar-refractivity contribution >= 4 is 23.6 Å². The van der Waals surface area contributed by atoms with Crippen LogP contribution in [-0.2, 0) is 9.59 Å². The molecule has 2 aliphatic rings. The second-order valence-electron chi connectivity index (χ2n) is 6.18. The monoisotopic (exact) mass is 344 g/mol. The minimum Gasteiger partial charge on any atom is -0.493 e. The highest BCUT2D eigenvalue weighted by atomic mass is 16.5. The summed E-state index contributed by atoms with van der Waals surface area (Å²) in [6, 6.07) is 3.91. The molecule has 2 aliphatic heterocycles. The first kappa shape index (κ1) is 17.1. The van der Waals surface area contributed by atoms with Gasteiger partial charge in [0.2, 0.25) is 11.8 Å². The third-order valence-corrected chi connectivity index (χ3v) is 4.44. The fraction of sp³-hybridized carbons (Fsp3) is 0.444. The van der Waals surface area contributed by atoms with Crippen LogP contribution in [0.5, 0.6) is 5.75 Å². The summed E-state index contributed by atoms with van der Waals surface area (Å²) in [5, 5.41) is 2.18. The molecule has 0 spiro atoms. The van der Waals surface area contributed by atoms with E-state index in [4.69, 9.17) is 4.74 Å². The van der Waals surface area contributed by atoms with Crippen LogP contribution >= 0.6 is 0 Å². The lowest BCUT2D eigenvalue weighted by Crippen LogP contribution is -2.54. The Labute approximate surface area is 145 Å². The number of piperidine rings is 1. The molecule has 1 aromatic rings. The predicted molar refractivity (Wildman–Crippen MR) is 88.1 cm³/mol. The van der Waals surface area contributed by atoms with Gasteiger partial charge in [0.15, 0.2) is 0 Å². The minimum atomic E-state index is -0.960. The Balaban J connectivity index is 1.84. The number of carbonyl (C=O) groups is 4. The molecule has 3 rings (SSSR count). The van der Waals surface area contributed by atoms with E-state index in [1.807, 2.05) is 0 Å². The highest BCUT2D eigenvalue weighted by Crippen LogP contribution is 2.33. The molecule has 1 aromatic carbocycles. The van der Waals surface area contributed by atoms with Gasteiger partial charge >= 0.3 is 0 Å². The fourth-order valence-corrected chi connectivity index (χ4v) is 3.14. The molecule has 1 fully saturated rings. The van der Waals surface area contributed by atoms with Crippen LogP contribution in [0.4, 0.5) is 0 Å². The molecule has 7 nitrogen and oxygen atoms in total. The molecule has 0 bridgehead atoms. The minimum absolute atomic E-state index is 0.101. The van der Waals surface area contributed by atoms with E-state index < -0.39 is 29.7 Å². The maximum Gasteiger partial charge on any atom is 0.266 e. The number of hydrogen-bond acceptors (Lipinski definition) is 5. The first-order valence-electron chi connectivity index (χ1n) is 8.52. The molecular formula is C18H20N2O5. The summed E-state index contributed by atoms with van der Waals surface area (Å²) in [5.74, 6) is -1.70. The van der Waals surface area contributed by atoms with E-state index in [9.17, 15) is 19.2 Å². The normalized spacial score (nSPS) is 19.9. The molecule has 25 heavy (non-hydrogen) atoms. The SMILES string of the molecule is CCCCCOc1cccc2c1C(=O)N(C1CCC(=O)NC1=O)C2=O. The second-order valence-corrected chi connectivity index (χ2v) is 6.18. The molecule has 0 aromatic heterocycles. The molecule has 0 radical (unpaired) electrons. The van der Waals surface area contributed by atoms with Crippen molar-refractivity contribution in [2.24, 2.45) is 0 Å². The lowest BCUT2D eigenvalue weighted by Gasteiger charge is -2.27. The number of hydrogen-bond donors (Lipinski definition) is 1. The van der Waals surface area contributed by atoms with Crippen molar-refractivity contribution in [2.45, 2.75) is 45.1 Å². The zero-order valence-electron chi connectivity index (χ0n) is 14.0. The van der Waals surface area contributed by atoms with Crippen LogP contribution in [0.25, 0.3) is 0 Å². The van der Waals surface area contributed by atoms with Crippen molar-refractivity contribution in [1.82, 2.24) is 10.2 Å². The van der Waals surface area contributed by atoms with Gasteiger partial charge in [0.05, 0.1) is 17.7 Å². The number of nitrogens with one attached hydrogen (secondary N) is 1. The summed E-state index contributed by atoms with van der Waals surface area (Å²) in [4.78, 5) is 49.8. The first-order valence-corrected chi connectivity index (χ1v) is 8.52. The van der Waals surface area contributed by atoms with Crippen molar-refractivity contribution in [3.63, 3.8) is 0 Å². The molecule has 1 saturated heterocycles. The van der Waals surface area contributed by atoms with Gasteiger partial charge < -0.3 is 4.74 Å². The molecule has 0 aliphatic carbocycles. The maximum atomic E-state index is 12.8. The van der Waals surface area contributed by atoms with E-state index in [2.05, 4.69) is 12.2 Å². The zero-order chi connectivity index (χ0) is 18.0. The molecule has 4 amide bonds. The molecule has 132 valence electrons.